The molecule has 0 aliphatic rings. The van der Waals surface area contributed by atoms with E-state index < -0.39 is 51.1 Å². The first kappa shape index (κ1) is 35.9. The summed E-state index contributed by atoms with van der Waals surface area (Å²) in [7, 11) is -22.4. The number of phosphoric ester groups is 3. The Kier molecular flexibility index (Phi) is 12.8. The van der Waals surface area contributed by atoms with E-state index in [9.17, 15) is 32.9 Å². The molecule has 44 heavy (non-hydrogen) atoms. The van der Waals surface area contributed by atoms with Crippen LogP contribution in [0.3, 0.4) is 0 Å². The summed E-state index contributed by atoms with van der Waals surface area (Å²) >= 11 is 0. The van der Waals surface area contributed by atoms with Crippen molar-refractivity contribution in [3.05, 3.63) is 126 Å². The third-order valence-electron chi connectivity index (χ3n) is 5.44. The standard InChI is InChI=1S/C27H30O13P4/c1-4-22-7-13-25(14-8-22)19-35-41(28,29)38-44(34,39-42(30,31)36-20-26-15-9-23(5-2)10-16-26)40-43(32,33)37-21-27-17-11-24(6-3)12-18-27/h4-18H,1-3,19-21H2,(H,28,29)(H,30,31)(H,32,33). The van der Waals surface area contributed by atoms with Crippen LogP contribution in [0.1, 0.15) is 33.4 Å². The van der Waals surface area contributed by atoms with Crippen LogP contribution < -0.4 is 0 Å². The molecule has 0 saturated heterocycles. The molecule has 13 nitrogen and oxygen atoms in total. The van der Waals surface area contributed by atoms with Crippen molar-refractivity contribution in [2.45, 2.75) is 19.8 Å². The van der Waals surface area contributed by atoms with Gasteiger partial charge in [-0.2, -0.15) is 12.9 Å². The van der Waals surface area contributed by atoms with Gasteiger partial charge >= 0.3 is 31.3 Å². The second-order valence-electron chi connectivity index (χ2n) is 8.76. The van der Waals surface area contributed by atoms with Crippen LogP contribution in [0.4, 0.5) is 0 Å². The number of hydrogen-bond donors (Lipinski definition) is 3. The van der Waals surface area contributed by atoms with E-state index in [0.717, 1.165) is 16.7 Å². The van der Waals surface area contributed by atoms with E-state index >= 15 is 0 Å². The Labute approximate surface area is 254 Å². The maximum absolute atomic E-state index is 13.4. The van der Waals surface area contributed by atoms with Crippen molar-refractivity contribution in [1.29, 1.82) is 0 Å². The van der Waals surface area contributed by atoms with Gasteiger partial charge in [0.1, 0.15) is 0 Å². The van der Waals surface area contributed by atoms with Crippen LogP contribution in [0.2, 0.25) is 0 Å². The van der Waals surface area contributed by atoms with Gasteiger partial charge in [0, 0.05) is 0 Å². The van der Waals surface area contributed by atoms with Gasteiger partial charge in [0.05, 0.1) is 19.8 Å². The minimum atomic E-state index is -5.94. The third kappa shape index (κ3) is 12.1. The zero-order chi connectivity index (χ0) is 32.4. The Hall–Kier alpha value is -2.56. The SMILES string of the molecule is C=Cc1ccc(COP(=O)(O)OP(=O)(OP(=O)(O)OCc2ccc(C=C)cc2)OP(=O)(O)OCc2ccc(C=C)cc2)cc1. The molecule has 3 N–H and O–H groups in total. The predicted octanol–water partition coefficient (Wildman–Crippen LogP) is 8.02. The van der Waals surface area contributed by atoms with E-state index in [0.29, 0.717) is 16.7 Å². The summed E-state index contributed by atoms with van der Waals surface area (Å²) < 4.78 is 79.3. The highest BCUT2D eigenvalue weighted by molar-refractivity contribution is 7.71. The van der Waals surface area contributed by atoms with E-state index in [4.69, 9.17) is 13.6 Å². The molecular formula is C27H30O13P4. The van der Waals surface area contributed by atoms with Crippen LogP contribution in [0, 0.1) is 0 Å². The average molecular weight is 686 g/mol. The lowest BCUT2D eigenvalue weighted by atomic mass is 10.1. The number of hydrogen-bond acceptors (Lipinski definition) is 10. The molecule has 0 saturated carbocycles. The van der Waals surface area contributed by atoms with Gasteiger partial charge < -0.3 is 14.7 Å². The second-order valence-corrected chi connectivity index (χ2v) is 15.2. The van der Waals surface area contributed by atoms with Crippen LogP contribution in [-0.4, -0.2) is 14.7 Å². The molecule has 236 valence electrons. The fourth-order valence-electron chi connectivity index (χ4n) is 3.21. The Morgan fingerprint density at radius 1 is 0.477 bits per heavy atom. The van der Waals surface area contributed by atoms with Gasteiger partial charge in [0.15, 0.2) is 0 Å². The molecule has 3 atom stereocenters. The van der Waals surface area contributed by atoms with Gasteiger partial charge in [0.25, 0.3) is 0 Å². The lowest BCUT2D eigenvalue weighted by molar-refractivity contribution is 0.137. The molecule has 3 unspecified atom stereocenters. The number of benzene rings is 3. The summed E-state index contributed by atoms with van der Waals surface area (Å²) in [5, 5.41) is 0. The van der Waals surface area contributed by atoms with Crippen LogP contribution in [0.15, 0.2) is 92.5 Å². The lowest BCUT2D eigenvalue weighted by Gasteiger charge is -2.23. The average Bonchev–Trinajstić information content (AvgIpc) is 2.97. The monoisotopic (exact) mass is 686 g/mol. The summed E-state index contributed by atoms with van der Waals surface area (Å²) in [5.41, 5.74) is 3.32. The molecule has 0 aliphatic carbocycles. The van der Waals surface area contributed by atoms with Crippen LogP contribution in [0.5, 0.6) is 0 Å². The predicted molar refractivity (Wildman–Crippen MR) is 164 cm³/mol. The highest BCUT2D eigenvalue weighted by atomic mass is 31.3. The Bertz CT molecular complexity index is 1440. The molecule has 3 aromatic rings. The van der Waals surface area contributed by atoms with Gasteiger partial charge in [-0.15, -0.1) is 0 Å². The summed E-state index contributed by atoms with van der Waals surface area (Å²) in [6, 6.07) is 18.9. The van der Waals surface area contributed by atoms with Gasteiger partial charge in [0.2, 0.25) is 0 Å². The van der Waals surface area contributed by atoms with Gasteiger partial charge in [-0.05, 0) is 33.4 Å². The molecule has 0 spiro atoms. The van der Waals surface area contributed by atoms with Gasteiger partial charge in [-0.1, -0.05) is 111 Å². The van der Waals surface area contributed by atoms with Gasteiger partial charge in [-0.25, -0.2) is 18.3 Å². The van der Waals surface area contributed by atoms with E-state index in [-0.39, 0.29) is 0 Å². The molecule has 0 amide bonds. The maximum atomic E-state index is 13.4. The van der Waals surface area contributed by atoms with Crippen molar-refractivity contribution in [1.82, 2.24) is 0 Å². The van der Waals surface area contributed by atoms with Crippen LogP contribution >= 0.6 is 31.3 Å². The zero-order valence-corrected chi connectivity index (χ0v) is 26.7. The third-order valence-corrected chi connectivity index (χ3v) is 11.7. The summed E-state index contributed by atoms with van der Waals surface area (Å²) in [4.78, 5) is 30.7. The van der Waals surface area contributed by atoms with Crippen molar-refractivity contribution in [3.8, 4) is 0 Å². The molecule has 0 radical (unpaired) electrons. The molecule has 3 rings (SSSR count). The van der Waals surface area contributed by atoms with Crippen molar-refractivity contribution < 1.29 is 59.4 Å². The topological polar surface area (TPSA) is 184 Å². The molecule has 0 bridgehead atoms. The largest absolute Gasteiger partial charge is 0.501 e. The normalized spacial score (nSPS) is 16.9. The Balaban J connectivity index is 1.77. The summed E-state index contributed by atoms with van der Waals surface area (Å²) in [6.07, 6.45) is 4.69. The number of phosphoric acid groups is 4. The summed E-state index contributed by atoms with van der Waals surface area (Å²) in [5.74, 6) is 0. The second kappa shape index (κ2) is 15.6. The fraction of sp³-hybridized carbons (Fsp3) is 0.111. The van der Waals surface area contributed by atoms with E-state index in [1.54, 1.807) is 54.6 Å². The molecule has 0 aromatic heterocycles. The molecule has 0 heterocycles. The quantitative estimate of drug-likeness (QED) is 0.109. The molecular weight excluding hydrogens is 656 g/mol. The highest BCUT2D eigenvalue weighted by Crippen LogP contribution is 2.75. The minimum Gasteiger partial charge on any atom is -0.302 e. The van der Waals surface area contributed by atoms with Crippen molar-refractivity contribution in [3.63, 3.8) is 0 Å². The summed E-state index contributed by atoms with van der Waals surface area (Å²) in [6.45, 7) is 9.10. The van der Waals surface area contributed by atoms with Crippen molar-refractivity contribution in [2.75, 3.05) is 0 Å². The first-order chi connectivity index (χ1) is 20.7. The van der Waals surface area contributed by atoms with Crippen molar-refractivity contribution in [2.24, 2.45) is 0 Å². The van der Waals surface area contributed by atoms with Crippen LogP contribution in [-0.2, 0) is 64.6 Å². The first-order valence-corrected chi connectivity index (χ1v) is 18.4. The zero-order valence-electron chi connectivity index (χ0n) is 23.1. The molecule has 3 aromatic carbocycles. The van der Waals surface area contributed by atoms with Crippen LogP contribution in [0.25, 0.3) is 18.2 Å². The van der Waals surface area contributed by atoms with E-state index in [1.807, 2.05) is 0 Å². The first-order valence-electron chi connectivity index (χ1n) is 12.5. The molecule has 17 heteroatoms. The van der Waals surface area contributed by atoms with Gasteiger partial charge in [-0.3, -0.25) is 13.6 Å². The number of rotatable bonds is 18. The maximum Gasteiger partial charge on any atom is 0.501 e. The Morgan fingerprint density at radius 2 is 0.705 bits per heavy atom. The van der Waals surface area contributed by atoms with Crippen molar-refractivity contribution >= 4 is 49.5 Å². The van der Waals surface area contributed by atoms with E-state index in [2.05, 4.69) is 32.7 Å². The van der Waals surface area contributed by atoms with E-state index in [1.165, 1.54) is 36.4 Å². The smallest absolute Gasteiger partial charge is 0.302 e. The Morgan fingerprint density at radius 3 is 0.909 bits per heavy atom. The fourth-order valence-corrected chi connectivity index (χ4v) is 8.91. The minimum absolute atomic E-state index is 0.363. The molecule has 0 fully saturated rings. The lowest BCUT2D eigenvalue weighted by Crippen LogP contribution is -2.03. The molecule has 0 aliphatic heterocycles. The highest BCUT2D eigenvalue weighted by Gasteiger charge is 2.49.